The van der Waals surface area contributed by atoms with Crippen molar-refractivity contribution >= 4 is 5.91 Å². The van der Waals surface area contributed by atoms with Gasteiger partial charge in [-0.1, -0.05) is 19.1 Å². The molecule has 1 aromatic rings. The number of hydrogen-bond acceptors (Lipinski definition) is 3. The van der Waals surface area contributed by atoms with Crippen molar-refractivity contribution in [2.24, 2.45) is 5.92 Å². The van der Waals surface area contributed by atoms with Crippen LogP contribution in [0, 0.1) is 5.92 Å². The summed E-state index contributed by atoms with van der Waals surface area (Å²) in [6, 6.07) is 1.41. The van der Waals surface area contributed by atoms with Crippen molar-refractivity contribution in [1.82, 2.24) is 15.3 Å². The Morgan fingerprint density at radius 3 is 2.80 bits per heavy atom. The highest BCUT2D eigenvalue weighted by molar-refractivity contribution is 5.92. The number of carbonyl (C=O) groups is 1. The van der Waals surface area contributed by atoms with Crippen molar-refractivity contribution in [3.05, 3.63) is 40.1 Å². The van der Waals surface area contributed by atoms with E-state index in [9.17, 15) is 9.59 Å². The molecule has 0 radical (unpaired) electrons. The van der Waals surface area contributed by atoms with Gasteiger partial charge in [0.25, 0.3) is 11.5 Å². The number of nitrogens with zero attached hydrogens (tertiary/aromatic N) is 1. The minimum atomic E-state index is -0.247. The number of allylic oxidation sites excluding steroid dienone is 1. The molecule has 1 saturated carbocycles. The zero-order chi connectivity index (χ0) is 14.1. The quantitative estimate of drug-likeness (QED) is 0.824. The summed E-state index contributed by atoms with van der Waals surface area (Å²) in [4.78, 5) is 30.9. The van der Waals surface area contributed by atoms with E-state index < -0.39 is 0 Å². The molecular weight excluding hydrogens is 254 g/mol. The maximum atomic E-state index is 12.3. The number of aromatic amines is 1. The first-order chi connectivity index (χ1) is 9.63. The summed E-state index contributed by atoms with van der Waals surface area (Å²) in [5.41, 5.74) is -0.0129. The Hall–Kier alpha value is -1.91. The third kappa shape index (κ3) is 2.81. The number of hydrogen-bond donors (Lipinski definition) is 2. The summed E-state index contributed by atoms with van der Waals surface area (Å²) < 4.78 is 0. The highest BCUT2D eigenvalue weighted by atomic mass is 16.2. The Morgan fingerprint density at radius 2 is 2.10 bits per heavy atom. The van der Waals surface area contributed by atoms with Gasteiger partial charge in [0, 0.05) is 18.0 Å². The van der Waals surface area contributed by atoms with E-state index in [0.29, 0.717) is 17.7 Å². The van der Waals surface area contributed by atoms with Gasteiger partial charge in [0.1, 0.15) is 11.5 Å². The molecule has 5 heteroatoms. The van der Waals surface area contributed by atoms with E-state index in [1.165, 1.54) is 6.07 Å². The van der Waals surface area contributed by atoms with Gasteiger partial charge < -0.3 is 10.3 Å². The topological polar surface area (TPSA) is 74.8 Å². The van der Waals surface area contributed by atoms with Crippen LogP contribution in [0.2, 0.25) is 0 Å². The van der Waals surface area contributed by atoms with Crippen molar-refractivity contribution in [3.8, 4) is 0 Å². The number of rotatable bonds is 3. The van der Waals surface area contributed by atoms with Gasteiger partial charge in [0.2, 0.25) is 0 Å². The Kier molecular flexibility index (Phi) is 3.42. The van der Waals surface area contributed by atoms with Crippen LogP contribution in [-0.4, -0.2) is 21.9 Å². The van der Waals surface area contributed by atoms with Crippen molar-refractivity contribution in [3.63, 3.8) is 0 Å². The van der Waals surface area contributed by atoms with Crippen LogP contribution in [0.4, 0.5) is 0 Å². The van der Waals surface area contributed by atoms with Gasteiger partial charge >= 0.3 is 0 Å². The van der Waals surface area contributed by atoms with Crippen LogP contribution in [0.15, 0.2) is 23.0 Å². The van der Waals surface area contributed by atoms with E-state index >= 15 is 0 Å². The zero-order valence-corrected chi connectivity index (χ0v) is 11.6. The fourth-order valence-electron chi connectivity index (χ4n) is 2.54. The summed E-state index contributed by atoms with van der Waals surface area (Å²) in [5, 5.41) is 2.99. The smallest absolute Gasteiger partial charge is 0.270 e. The molecule has 2 aliphatic carbocycles. The summed E-state index contributed by atoms with van der Waals surface area (Å²) in [6.45, 7) is 2.12. The van der Waals surface area contributed by atoms with E-state index in [4.69, 9.17) is 0 Å². The standard InChI is InChI=1S/C15H19N3O2/c1-9-4-2-3-5-11(9)17-15(20)12-8-13(19)18-14(16-12)10-6-7-10/h2-3,8-11H,4-7H2,1H3,(H,17,20)(H,16,18,19)/t9-,11-/m1/s1. The van der Waals surface area contributed by atoms with Gasteiger partial charge in [-0.25, -0.2) is 4.98 Å². The Balaban J connectivity index is 1.76. The predicted molar refractivity (Wildman–Crippen MR) is 75.6 cm³/mol. The fraction of sp³-hybridized carbons (Fsp3) is 0.533. The molecule has 0 unspecified atom stereocenters. The number of nitrogens with one attached hydrogen (secondary N) is 2. The van der Waals surface area contributed by atoms with Gasteiger partial charge in [0.15, 0.2) is 0 Å². The molecule has 2 aliphatic rings. The van der Waals surface area contributed by atoms with Crippen LogP contribution in [-0.2, 0) is 0 Å². The predicted octanol–water partition coefficient (Wildman–Crippen LogP) is 1.73. The fourth-order valence-corrected chi connectivity index (χ4v) is 2.54. The largest absolute Gasteiger partial charge is 0.347 e. The van der Waals surface area contributed by atoms with Crippen LogP contribution in [0.25, 0.3) is 0 Å². The maximum absolute atomic E-state index is 12.3. The molecule has 0 bridgehead atoms. The first kappa shape index (κ1) is 13.1. The number of amides is 1. The summed E-state index contributed by atoms with van der Waals surface area (Å²) in [6.07, 6.45) is 8.12. The maximum Gasteiger partial charge on any atom is 0.270 e. The first-order valence-corrected chi connectivity index (χ1v) is 7.20. The second kappa shape index (κ2) is 5.23. The van der Waals surface area contributed by atoms with Gasteiger partial charge in [-0.15, -0.1) is 0 Å². The third-order valence-electron chi connectivity index (χ3n) is 4.02. The lowest BCUT2D eigenvalue weighted by Gasteiger charge is -2.26. The lowest BCUT2D eigenvalue weighted by molar-refractivity contribution is 0.0917. The molecule has 0 aliphatic heterocycles. The highest BCUT2D eigenvalue weighted by Crippen LogP contribution is 2.37. The van der Waals surface area contributed by atoms with E-state index in [0.717, 1.165) is 25.7 Å². The molecule has 3 rings (SSSR count). The zero-order valence-electron chi connectivity index (χ0n) is 11.6. The molecule has 106 valence electrons. The monoisotopic (exact) mass is 273 g/mol. The van der Waals surface area contributed by atoms with Gasteiger partial charge in [-0.2, -0.15) is 0 Å². The molecule has 1 amide bonds. The van der Waals surface area contributed by atoms with Crippen molar-refractivity contribution in [2.75, 3.05) is 0 Å². The molecule has 2 N–H and O–H groups in total. The average molecular weight is 273 g/mol. The van der Waals surface area contributed by atoms with Crippen LogP contribution in [0.5, 0.6) is 0 Å². The molecular formula is C15H19N3O2. The minimum absolute atomic E-state index is 0.123. The second-order valence-electron chi connectivity index (χ2n) is 5.79. The van der Waals surface area contributed by atoms with Crippen molar-refractivity contribution < 1.29 is 4.79 Å². The normalized spacial score (nSPS) is 25.4. The molecule has 5 nitrogen and oxygen atoms in total. The average Bonchev–Trinajstić information content (AvgIpc) is 3.25. The number of H-pyrrole nitrogens is 1. The van der Waals surface area contributed by atoms with Crippen LogP contribution < -0.4 is 10.9 Å². The lowest BCUT2D eigenvalue weighted by Crippen LogP contribution is -2.40. The molecule has 20 heavy (non-hydrogen) atoms. The Bertz CT molecular complexity index is 601. The van der Waals surface area contributed by atoms with Gasteiger partial charge in [-0.05, 0) is 31.6 Å². The molecule has 1 fully saturated rings. The minimum Gasteiger partial charge on any atom is -0.347 e. The molecule has 0 saturated heterocycles. The number of aromatic nitrogens is 2. The molecule has 2 atom stereocenters. The molecule has 1 aromatic heterocycles. The van der Waals surface area contributed by atoms with E-state index in [2.05, 4.69) is 34.4 Å². The second-order valence-corrected chi connectivity index (χ2v) is 5.79. The van der Waals surface area contributed by atoms with Crippen molar-refractivity contribution in [1.29, 1.82) is 0 Å². The van der Waals surface area contributed by atoms with Gasteiger partial charge in [0.05, 0.1) is 0 Å². The van der Waals surface area contributed by atoms with E-state index in [1.54, 1.807) is 0 Å². The highest BCUT2D eigenvalue weighted by Gasteiger charge is 2.28. The first-order valence-electron chi connectivity index (χ1n) is 7.20. The SMILES string of the molecule is C[C@@H]1CC=CC[C@H]1NC(=O)c1cc(=O)[nH]c(C2CC2)n1. The van der Waals surface area contributed by atoms with E-state index in [1.807, 2.05) is 0 Å². The summed E-state index contributed by atoms with van der Waals surface area (Å²) >= 11 is 0. The van der Waals surface area contributed by atoms with Crippen LogP contribution >= 0.6 is 0 Å². The molecule has 0 aromatic carbocycles. The summed E-state index contributed by atoms with van der Waals surface area (Å²) in [7, 11) is 0. The molecule has 1 heterocycles. The van der Waals surface area contributed by atoms with Crippen LogP contribution in [0.1, 0.15) is 54.8 Å². The van der Waals surface area contributed by atoms with Gasteiger partial charge in [-0.3, -0.25) is 9.59 Å². The molecule has 0 spiro atoms. The number of carbonyl (C=O) groups excluding carboxylic acids is 1. The van der Waals surface area contributed by atoms with Crippen LogP contribution in [0.3, 0.4) is 0 Å². The Morgan fingerprint density at radius 1 is 1.35 bits per heavy atom. The van der Waals surface area contributed by atoms with Crippen molar-refractivity contribution in [2.45, 2.75) is 44.6 Å². The lowest BCUT2D eigenvalue weighted by atomic mass is 9.91. The summed E-state index contributed by atoms with van der Waals surface area (Å²) in [5.74, 6) is 1.14. The third-order valence-corrected chi connectivity index (χ3v) is 4.02. The Labute approximate surface area is 117 Å². The van der Waals surface area contributed by atoms with E-state index in [-0.39, 0.29) is 23.2 Å².